The number of carbonyl (C=O) groups is 4. The third-order valence-corrected chi connectivity index (χ3v) is 16.4. The fourth-order valence-electron chi connectivity index (χ4n) is 6.31. The van der Waals surface area contributed by atoms with Crippen LogP contribution in [0.1, 0.15) is 72.9 Å². The Labute approximate surface area is 429 Å². The second-order valence-electron chi connectivity index (χ2n) is 19.1. The summed E-state index contributed by atoms with van der Waals surface area (Å²) in [5, 5.41) is 0. The standard InChI is InChI=1S/C24H27FN2O5.C14H19N2O3.C10H8FIO2.CH4.3CH3.Sn/c1-24(2,3)32-23(29)27-8-7-20(27)15-31-21-12-18(13-26-14-21)17-9-16(10-19(25)11-17)5-6-22(28)30-4;1-14(2,3)19-13(17)16-8-6-11(16)10-18-12-5-4-7-15-9-12;1-14-10(13)3-2-7-4-8(11)6-9(12)5-7;;;;;/h5-6,9-14,20H,7-8,15H2,1-4H3;5,7,9,11H,6,8,10H2,1-3H3;2-6H,1H3;1H4;3*1H3;/b6-5+;;3-2+;;;;;/t20-;11-;;;;;;/m00....../s1. The minimum Gasteiger partial charge on any atom is -0.490 e. The van der Waals surface area contributed by atoms with E-state index in [2.05, 4.69) is 40.3 Å². The van der Waals surface area contributed by atoms with Crippen LogP contribution in [0.2, 0.25) is 14.8 Å². The van der Waals surface area contributed by atoms with Crippen LogP contribution in [0.3, 0.4) is 0 Å². The Kier molecular flexibility index (Phi) is 22.6. The van der Waals surface area contributed by atoms with E-state index in [1.165, 1.54) is 66.4 Å². The summed E-state index contributed by atoms with van der Waals surface area (Å²) in [6, 6.07) is 12.8. The molecule has 70 heavy (non-hydrogen) atoms. The quantitative estimate of drug-likeness (QED) is 0.0436. The van der Waals surface area contributed by atoms with Crippen LogP contribution in [0.4, 0.5) is 18.4 Å². The molecule has 18 heteroatoms. The van der Waals surface area contributed by atoms with Gasteiger partial charge in [0.15, 0.2) is 0 Å². The largest absolute Gasteiger partial charge is 0.490 e. The number of carbonyl (C=O) groups excluding carboxylic acids is 4. The van der Waals surface area contributed by atoms with Crippen molar-refractivity contribution < 1.29 is 56.4 Å². The molecule has 2 amide bonds. The Bertz CT molecular complexity index is 2450. The number of pyridine rings is 2. The zero-order valence-electron chi connectivity index (χ0n) is 41.1. The van der Waals surface area contributed by atoms with E-state index in [1.54, 1.807) is 46.6 Å². The first-order valence-corrected chi connectivity index (χ1v) is 33.3. The molecular weight excluding hydrogens is 1120 g/mol. The van der Waals surface area contributed by atoms with Gasteiger partial charge in [0.2, 0.25) is 0 Å². The van der Waals surface area contributed by atoms with Crippen molar-refractivity contribution in [1.29, 1.82) is 0 Å². The number of methoxy groups -OCH3 is 2. The molecule has 2 saturated heterocycles. The third kappa shape index (κ3) is 20.2. The first-order valence-electron chi connectivity index (χ1n) is 22.3. The van der Waals surface area contributed by atoms with Crippen molar-refractivity contribution in [3.63, 3.8) is 0 Å². The molecule has 0 aliphatic carbocycles. The van der Waals surface area contributed by atoms with Crippen LogP contribution in [-0.2, 0) is 28.5 Å². The first-order chi connectivity index (χ1) is 32.3. The van der Waals surface area contributed by atoms with Crippen LogP contribution in [-0.4, -0.2) is 126 Å². The molecule has 2 atom stereocenters. The molecule has 6 rings (SSSR count). The predicted molar refractivity (Wildman–Crippen MR) is 278 cm³/mol. The van der Waals surface area contributed by atoms with Gasteiger partial charge in [-0.3, -0.25) is 4.98 Å². The van der Waals surface area contributed by atoms with Gasteiger partial charge in [-0.25, -0.2) is 23.2 Å². The van der Waals surface area contributed by atoms with Crippen LogP contribution in [0, 0.1) is 15.2 Å². The van der Waals surface area contributed by atoms with Crippen molar-refractivity contribution >= 4 is 80.8 Å². The van der Waals surface area contributed by atoms with Crippen LogP contribution in [0.15, 0.2) is 85.5 Å². The number of amides is 2. The van der Waals surface area contributed by atoms with Crippen LogP contribution < -0.4 is 13.1 Å². The molecule has 4 aromatic rings. The van der Waals surface area contributed by atoms with E-state index in [0.29, 0.717) is 47.8 Å². The maximum Gasteiger partial charge on any atom is 0.410 e. The number of rotatable bonds is 12. The first kappa shape index (κ1) is 59.0. The van der Waals surface area contributed by atoms with Gasteiger partial charge in [-0.15, -0.1) is 0 Å². The van der Waals surface area contributed by atoms with Gasteiger partial charge in [0, 0.05) is 34.0 Å². The Morgan fingerprint density at radius 1 is 0.657 bits per heavy atom. The van der Waals surface area contributed by atoms with Crippen molar-refractivity contribution in [2.24, 2.45) is 0 Å². The van der Waals surface area contributed by atoms with Crippen molar-refractivity contribution in [1.82, 2.24) is 19.8 Å². The van der Waals surface area contributed by atoms with Gasteiger partial charge in [-0.2, -0.15) is 0 Å². The number of aromatic nitrogens is 2. The average Bonchev–Trinajstić information content (AvgIpc) is 3.22. The van der Waals surface area contributed by atoms with Crippen molar-refractivity contribution in [3.8, 4) is 22.6 Å². The van der Waals surface area contributed by atoms with E-state index >= 15 is 0 Å². The molecule has 0 radical (unpaired) electrons. The molecule has 2 aliphatic rings. The van der Waals surface area contributed by atoms with Crippen LogP contribution >= 0.6 is 22.6 Å². The molecule has 2 aliphatic heterocycles. The molecular formula is C52H67F2IN4O10Sn. The monoisotopic (exact) mass is 1190 g/mol. The topological polar surface area (TPSA) is 156 Å². The molecule has 14 nitrogen and oxygen atoms in total. The van der Waals surface area contributed by atoms with Gasteiger partial charge in [0.1, 0.15) is 29.6 Å². The number of likely N-dealkylation sites (tertiary alicyclic amines) is 2. The minimum absolute atomic E-state index is 0. The normalized spacial score (nSPS) is 15.4. The van der Waals surface area contributed by atoms with E-state index in [-0.39, 0.29) is 37.5 Å². The number of nitrogens with zero attached hydrogens (tertiary/aromatic N) is 4. The fourth-order valence-corrected chi connectivity index (χ4v) is 9.93. The Morgan fingerprint density at radius 3 is 1.54 bits per heavy atom. The van der Waals surface area contributed by atoms with Crippen molar-refractivity contribution in [3.05, 3.63) is 112 Å². The summed E-state index contributed by atoms with van der Waals surface area (Å²) in [7, 11) is 2.57. The molecule has 2 fully saturated rings. The molecule has 0 spiro atoms. The average molecular weight is 1190 g/mol. The second kappa shape index (κ2) is 26.8. The van der Waals surface area contributed by atoms with E-state index in [0.717, 1.165) is 28.7 Å². The molecule has 2 aromatic heterocycles. The molecule has 0 saturated carbocycles. The third-order valence-electron chi connectivity index (χ3n) is 10.1. The molecule has 0 N–H and O–H groups in total. The summed E-state index contributed by atoms with van der Waals surface area (Å²) in [5.41, 5.74) is 1.39. The van der Waals surface area contributed by atoms with Gasteiger partial charge in [-0.05, 0) is 121 Å². The van der Waals surface area contributed by atoms with Crippen molar-refractivity contribution in [2.45, 2.75) is 99.9 Å². The van der Waals surface area contributed by atoms with Gasteiger partial charge in [0.05, 0.1) is 26.5 Å². The van der Waals surface area contributed by atoms with E-state index < -0.39 is 47.3 Å². The number of halogens is 3. The smallest absolute Gasteiger partial charge is 0.410 e. The van der Waals surface area contributed by atoms with Gasteiger partial charge >= 0.3 is 161 Å². The minimum atomic E-state index is -2.13. The maximum absolute atomic E-state index is 14.1. The summed E-state index contributed by atoms with van der Waals surface area (Å²) in [4.78, 5) is 65.3. The molecule has 0 unspecified atom stereocenters. The van der Waals surface area contributed by atoms with Gasteiger partial charge in [0.25, 0.3) is 0 Å². The summed E-state index contributed by atoms with van der Waals surface area (Å²) in [6.45, 7) is 13.3. The molecule has 380 valence electrons. The van der Waals surface area contributed by atoms with E-state index in [1.807, 2.05) is 70.3 Å². The summed E-state index contributed by atoms with van der Waals surface area (Å²) < 4.78 is 60.7. The number of esters is 2. The van der Waals surface area contributed by atoms with E-state index in [4.69, 9.17) is 18.9 Å². The Morgan fingerprint density at radius 2 is 1.11 bits per heavy atom. The Balaban J connectivity index is 0.000000298. The zero-order valence-corrected chi connectivity index (χ0v) is 46.2. The second-order valence-corrected chi connectivity index (χ2v) is 34.8. The number of hydrogen-bond acceptors (Lipinski definition) is 12. The zero-order chi connectivity index (χ0) is 51.1. The van der Waals surface area contributed by atoms with Crippen LogP contribution in [0.25, 0.3) is 23.3 Å². The summed E-state index contributed by atoms with van der Waals surface area (Å²) >= 11 is -0.127. The van der Waals surface area contributed by atoms with Crippen molar-refractivity contribution in [2.75, 3.05) is 40.5 Å². The van der Waals surface area contributed by atoms with Gasteiger partial charge < -0.3 is 23.8 Å². The molecule has 4 heterocycles. The Hall–Kier alpha value is -5.31. The number of benzene rings is 2. The molecule has 2 aromatic carbocycles. The fraction of sp³-hybridized carbons (Fsp3) is 0.423. The number of ether oxygens (including phenoxy) is 6. The maximum atomic E-state index is 14.1. The van der Waals surface area contributed by atoms with Gasteiger partial charge in [-0.1, -0.05) is 7.43 Å². The summed E-state index contributed by atoms with van der Waals surface area (Å²) in [5.74, 6) is -0.435. The molecule has 0 bridgehead atoms. The SMILES string of the molecule is C.CC(C)(C)OC(=O)N1CC[C@H]1COc1cnc[c]([Sn]([CH3])([CH3])[CH3])c1.COC(=O)/C=C/c1cc(F)cc(-c2cncc(OC[C@@H]3CCN3C(=O)OC(C)(C)C)c2)c1.COC(=O)/C=C/c1cc(F)cc(I)c1. The summed E-state index contributed by atoms with van der Waals surface area (Å²) in [6.07, 6.45) is 13.5. The predicted octanol–water partition coefficient (Wildman–Crippen LogP) is 10.7. The van der Waals surface area contributed by atoms with Crippen LogP contribution in [0.5, 0.6) is 11.5 Å². The number of hydrogen-bond donors (Lipinski definition) is 0. The van der Waals surface area contributed by atoms with E-state index in [9.17, 15) is 28.0 Å².